The first-order valence-corrected chi connectivity index (χ1v) is 11.9. The van der Waals surface area contributed by atoms with Crippen LogP contribution in [0.2, 0.25) is 0 Å². The van der Waals surface area contributed by atoms with Crippen LogP contribution in [0.5, 0.6) is 0 Å². The Kier molecular flexibility index (Phi) is 6.15. The smallest absolute Gasteiger partial charge is 0.225 e. The number of nitriles is 1. The predicted octanol–water partition coefficient (Wildman–Crippen LogP) is 5.01. The van der Waals surface area contributed by atoms with Crippen LogP contribution in [0.25, 0.3) is 10.2 Å². The zero-order valence-corrected chi connectivity index (χ0v) is 18.8. The minimum atomic E-state index is -0.203. The van der Waals surface area contributed by atoms with Crippen molar-refractivity contribution in [2.24, 2.45) is 0 Å². The van der Waals surface area contributed by atoms with E-state index in [0.717, 1.165) is 46.7 Å². The number of fused-ring (bicyclic) bond motifs is 1. The van der Waals surface area contributed by atoms with Gasteiger partial charge in [-0.2, -0.15) is 10.2 Å². The fourth-order valence-corrected chi connectivity index (χ4v) is 4.99. The second-order valence-electron chi connectivity index (χ2n) is 8.32. The van der Waals surface area contributed by atoms with Crippen molar-refractivity contribution >= 4 is 38.5 Å². The average Bonchev–Trinajstić information content (AvgIpc) is 3.22. The first-order valence-electron chi connectivity index (χ1n) is 11.1. The summed E-state index contributed by atoms with van der Waals surface area (Å²) in [6.07, 6.45) is 3.88. The van der Waals surface area contributed by atoms with Crippen LogP contribution in [0, 0.1) is 11.3 Å². The largest absolute Gasteiger partial charge is 0.393 e. The first kappa shape index (κ1) is 21.3. The molecule has 5 rings (SSSR count). The molecule has 3 N–H and O–H groups in total. The first-order chi connectivity index (χ1) is 16.1. The average molecular weight is 457 g/mol. The van der Waals surface area contributed by atoms with Crippen molar-refractivity contribution in [3.8, 4) is 6.07 Å². The monoisotopic (exact) mass is 456 g/mol. The third-order valence-electron chi connectivity index (χ3n) is 5.79. The minimum absolute atomic E-state index is 0.203. The lowest BCUT2D eigenvalue weighted by Gasteiger charge is -2.26. The van der Waals surface area contributed by atoms with E-state index >= 15 is 0 Å². The Balaban J connectivity index is 1.42. The Morgan fingerprint density at radius 1 is 1.00 bits per heavy atom. The SMILES string of the molecule is N#Cc1ccc2nc(Nc3cc(Cc4ccccc4)nc(N[C@H]4CC[C@H](O)CC4)n3)sc2c1. The maximum atomic E-state index is 9.81. The second-order valence-corrected chi connectivity index (χ2v) is 9.35. The summed E-state index contributed by atoms with van der Waals surface area (Å²) >= 11 is 1.49. The summed E-state index contributed by atoms with van der Waals surface area (Å²) < 4.78 is 0.953. The van der Waals surface area contributed by atoms with E-state index in [-0.39, 0.29) is 12.1 Å². The molecule has 0 bridgehead atoms. The van der Waals surface area contributed by atoms with Crippen molar-refractivity contribution in [1.82, 2.24) is 15.0 Å². The molecule has 33 heavy (non-hydrogen) atoms. The minimum Gasteiger partial charge on any atom is -0.393 e. The molecule has 0 saturated heterocycles. The van der Waals surface area contributed by atoms with Crippen LogP contribution >= 0.6 is 11.3 Å². The van der Waals surface area contributed by atoms with Crippen LogP contribution in [-0.2, 0) is 6.42 Å². The van der Waals surface area contributed by atoms with E-state index in [2.05, 4.69) is 33.8 Å². The number of aliphatic hydroxyl groups excluding tert-OH is 1. The van der Waals surface area contributed by atoms with Gasteiger partial charge in [-0.15, -0.1) is 0 Å². The van der Waals surface area contributed by atoms with E-state index in [1.54, 1.807) is 6.07 Å². The fourth-order valence-electron chi connectivity index (χ4n) is 4.08. The van der Waals surface area contributed by atoms with Crippen molar-refractivity contribution < 1.29 is 5.11 Å². The summed E-state index contributed by atoms with van der Waals surface area (Å²) in [5, 5.41) is 26.5. The molecule has 7 nitrogen and oxygen atoms in total. The molecule has 1 aliphatic rings. The topological polar surface area (TPSA) is 107 Å². The van der Waals surface area contributed by atoms with Crippen LogP contribution in [0.1, 0.15) is 42.5 Å². The Labute approximate surface area is 196 Å². The van der Waals surface area contributed by atoms with Crippen LogP contribution < -0.4 is 10.6 Å². The zero-order chi connectivity index (χ0) is 22.6. The number of nitrogens with one attached hydrogen (secondary N) is 2. The Bertz CT molecular complexity index is 1290. The molecule has 166 valence electrons. The van der Waals surface area contributed by atoms with Gasteiger partial charge in [-0.05, 0) is 49.4 Å². The molecule has 1 fully saturated rings. The van der Waals surface area contributed by atoms with Gasteiger partial charge in [-0.25, -0.2) is 9.97 Å². The van der Waals surface area contributed by atoms with Crippen molar-refractivity contribution in [3.63, 3.8) is 0 Å². The molecule has 2 aromatic carbocycles. The van der Waals surface area contributed by atoms with E-state index < -0.39 is 0 Å². The number of benzene rings is 2. The van der Waals surface area contributed by atoms with E-state index in [4.69, 9.17) is 15.2 Å². The van der Waals surface area contributed by atoms with Gasteiger partial charge in [0.25, 0.3) is 0 Å². The molecule has 2 aromatic heterocycles. The molecular weight excluding hydrogens is 432 g/mol. The third kappa shape index (κ3) is 5.28. The van der Waals surface area contributed by atoms with Gasteiger partial charge in [0.2, 0.25) is 5.95 Å². The van der Waals surface area contributed by atoms with Gasteiger partial charge in [0, 0.05) is 18.5 Å². The Morgan fingerprint density at radius 2 is 1.82 bits per heavy atom. The van der Waals surface area contributed by atoms with E-state index in [0.29, 0.717) is 23.8 Å². The van der Waals surface area contributed by atoms with Crippen LogP contribution in [-0.4, -0.2) is 32.2 Å². The van der Waals surface area contributed by atoms with Crippen molar-refractivity contribution in [3.05, 3.63) is 71.4 Å². The van der Waals surface area contributed by atoms with Gasteiger partial charge in [-0.1, -0.05) is 41.7 Å². The molecule has 0 atom stereocenters. The fraction of sp³-hybridized carbons (Fsp3) is 0.280. The van der Waals surface area contributed by atoms with Crippen molar-refractivity contribution in [2.45, 2.75) is 44.2 Å². The van der Waals surface area contributed by atoms with Crippen LogP contribution in [0.3, 0.4) is 0 Å². The molecule has 0 aliphatic heterocycles. The van der Waals surface area contributed by atoms with Crippen molar-refractivity contribution in [2.75, 3.05) is 10.6 Å². The molecule has 1 saturated carbocycles. The Hall–Kier alpha value is -3.54. The maximum absolute atomic E-state index is 9.81. The number of thiazole rings is 1. The highest BCUT2D eigenvalue weighted by atomic mass is 32.1. The maximum Gasteiger partial charge on any atom is 0.225 e. The van der Waals surface area contributed by atoms with Crippen LogP contribution in [0.15, 0.2) is 54.6 Å². The molecule has 4 aromatic rings. The summed E-state index contributed by atoms with van der Waals surface area (Å²) in [4.78, 5) is 14.1. The molecule has 0 unspecified atom stereocenters. The molecule has 0 radical (unpaired) electrons. The number of hydrogen-bond acceptors (Lipinski definition) is 8. The van der Waals surface area contributed by atoms with Gasteiger partial charge in [0.05, 0.1) is 33.6 Å². The number of anilines is 3. The van der Waals surface area contributed by atoms with Gasteiger partial charge < -0.3 is 15.7 Å². The lowest BCUT2D eigenvalue weighted by Crippen LogP contribution is -2.29. The summed E-state index contributed by atoms with van der Waals surface area (Å²) in [5.41, 5.74) is 3.55. The van der Waals surface area contributed by atoms with E-state index in [1.807, 2.05) is 36.4 Å². The quantitative estimate of drug-likeness (QED) is 0.374. The van der Waals surface area contributed by atoms with Gasteiger partial charge in [0.1, 0.15) is 5.82 Å². The lowest BCUT2D eigenvalue weighted by molar-refractivity contribution is 0.126. The summed E-state index contributed by atoms with van der Waals surface area (Å²) in [5.74, 6) is 1.26. The molecule has 0 amide bonds. The summed E-state index contributed by atoms with van der Waals surface area (Å²) in [7, 11) is 0. The third-order valence-corrected chi connectivity index (χ3v) is 6.72. The molecule has 8 heteroatoms. The zero-order valence-electron chi connectivity index (χ0n) is 18.0. The number of nitrogens with zero attached hydrogens (tertiary/aromatic N) is 4. The predicted molar refractivity (Wildman–Crippen MR) is 131 cm³/mol. The van der Waals surface area contributed by atoms with Gasteiger partial charge in [0.15, 0.2) is 5.13 Å². The van der Waals surface area contributed by atoms with Crippen LogP contribution in [0.4, 0.5) is 16.9 Å². The number of hydrogen-bond donors (Lipinski definition) is 3. The van der Waals surface area contributed by atoms with Crippen molar-refractivity contribution in [1.29, 1.82) is 5.26 Å². The number of rotatable bonds is 6. The van der Waals surface area contributed by atoms with E-state index in [9.17, 15) is 5.11 Å². The lowest BCUT2D eigenvalue weighted by atomic mass is 9.93. The normalized spacial score (nSPS) is 18.1. The standard InChI is InChI=1S/C25H24N6OS/c26-15-17-6-11-21-22(13-17)33-25(29-21)31-23-14-19(12-16-4-2-1-3-5-16)28-24(30-23)27-18-7-9-20(32)10-8-18/h1-6,11,13-14,18,20,32H,7-10,12H2,(H2,27,28,29,30,31)/t18-,20-. The second kappa shape index (κ2) is 9.53. The number of aliphatic hydroxyl groups is 1. The van der Waals surface area contributed by atoms with Gasteiger partial charge >= 0.3 is 0 Å². The highest BCUT2D eigenvalue weighted by Gasteiger charge is 2.20. The highest BCUT2D eigenvalue weighted by molar-refractivity contribution is 7.22. The number of aromatic nitrogens is 3. The highest BCUT2D eigenvalue weighted by Crippen LogP contribution is 2.29. The molecule has 1 aliphatic carbocycles. The Morgan fingerprint density at radius 3 is 2.61 bits per heavy atom. The van der Waals surface area contributed by atoms with Gasteiger partial charge in [-0.3, -0.25) is 0 Å². The summed E-state index contributed by atoms with van der Waals surface area (Å²) in [6.45, 7) is 0. The van der Waals surface area contributed by atoms with E-state index in [1.165, 1.54) is 16.9 Å². The molecule has 0 spiro atoms. The molecule has 2 heterocycles. The molecular formula is C25H24N6OS. The summed E-state index contributed by atoms with van der Waals surface area (Å²) in [6, 6.07) is 20.1.